The Hall–Kier alpha value is -2.34. The molecule has 0 aliphatic carbocycles. The number of nitrogens with one attached hydrogen (secondary N) is 1. The van der Waals surface area contributed by atoms with Crippen LogP contribution in [0, 0.1) is 10.1 Å². The fraction of sp³-hybridized carbons (Fsp3) is 0.333. The lowest BCUT2D eigenvalue weighted by Gasteiger charge is -2.19. The molecule has 0 amide bonds. The highest BCUT2D eigenvalue weighted by Gasteiger charge is 2.15. The number of furan rings is 1. The number of nitrogens with zero attached hydrogens (tertiary/aromatic N) is 2. The first-order chi connectivity index (χ1) is 10.1. The molecule has 2 rings (SSSR count). The molecule has 0 bridgehead atoms. The zero-order chi connectivity index (χ0) is 15.2. The van der Waals surface area contributed by atoms with Crippen LogP contribution < -0.4 is 5.32 Å². The van der Waals surface area contributed by atoms with Crippen molar-refractivity contribution in [3.8, 4) is 0 Å². The van der Waals surface area contributed by atoms with E-state index in [1.807, 2.05) is 18.2 Å². The smallest absolute Gasteiger partial charge is 0.292 e. The Bertz CT molecular complexity index is 596. The van der Waals surface area contributed by atoms with Crippen molar-refractivity contribution in [3.05, 3.63) is 58.0 Å². The maximum atomic E-state index is 11.1. The molecular weight excluding hydrogens is 270 g/mol. The van der Waals surface area contributed by atoms with Crippen LogP contribution in [0.1, 0.15) is 18.2 Å². The van der Waals surface area contributed by atoms with Crippen molar-refractivity contribution in [1.29, 1.82) is 0 Å². The van der Waals surface area contributed by atoms with Crippen LogP contribution in [0.2, 0.25) is 0 Å². The summed E-state index contributed by atoms with van der Waals surface area (Å²) in [5, 5.41) is 13.9. The van der Waals surface area contributed by atoms with Gasteiger partial charge in [-0.15, -0.1) is 0 Å². The number of benzene rings is 1. The van der Waals surface area contributed by atoms with Gasteiger partial charge in [0, 0.05) is 19.7 Å². The van der Waals surface area contributed by atoms with Crippen molar-refractivity contribution in [2.75, 3.05) is 18.9 Å². The largest absolute Gasteiger partial charge is 0.468 e. The van der Waals surface area contributed by atoms with Crippen LogP contribution in [0.3, 0.4) is 0 Å². The highest BCUT2D eigenvalue weighted by molar-refractivity contribution is 5.62. The molecule has 6 nitrogen and oxygen atoms in total. The Kier molecular flexibility index (Phi) is 4.94. The minimum Gasteiger partial charge on any atom is -0.468 e. The Morgan fingerprint density at radius 1 is 1.33 bits per heavy atom. The Labute approximate surface area is 123 Å². The molecule has 1 heterocycles. The van der Waals surface area contributed by atoms with E-state index in [1.165, 1.54) is 0 Å². The third-order valence-electron chi connectivity index (χ3n) is 3.34. The molecule has 0 radical (unpaired) electrons. The lowest BCUT2D eigenvalue weighted by atomic mass is 10.1. The van der Waals surface area contributed by atoms with Crippen molar-refractivity contribution in [2.45, 2.75) is 20.0 Å². The molecule has 0 saturated heterocycles. The Morgan fingerprint density at radius 3 is 2.71 bits per heavy atom. The van der Waals surface area contributed by atoms with Crippen molar-refractivity contribution in [3.63, 3.8) is 0 Å². The standard InChI is InChI=1S/C15H19N3O3/c1-3-17(11-13-5-4-8-21-13)10-12-6-7-14(16-2)15(9-12)18(19)20/h4-9,16H,3,10-11H2,1-2H3. The summed E-state index contributed by atoms with van der Waals surface area (Å²) < 4.78 is 5.34. The molecule has 0 fully saturated rings. The monoisotopic (exact) mass is 289 g/mol. The van der Waals surface area contributed by atoms with Crippen LogP contribution in [-0.4, -0.2) is 23.4 Å². The number of hydrogen-bond acceptors (Lipinski definition) is 5. The van der Waals surface area contributed by atoms with Crippen LogP contribution in [0.15, 0.2) is 41.0 Å². The number of nitro groups is 1. The van der Waals surface area contributed by atoms with E-state index in [2.05, 4.69) is 17.1 Å². The van der Waals surface area contributed by atoms with Crippen LogP contribution in [-0.2, 0) is 13.1 Å². The number of nitro benzene ring substituents is 1. The van der Waals surface area contributed by atoms with E-state index in [0.717, 1.165) is 17.9 Å². The van der Waals surface area contributed by atoms with Crippen molar-refractivity contribution in [2.24, 2.45) is 0 Å². The lowest BCUT2D eigenvalue weighted by Crippen LogP contribution is -2.22. The average molecular weight is 289 g/mol. The molecule has 1 aromatic heterocycles. The maximum Gasteiger partial charge on any atom is 0.292 e. The quantitative estimate of drug-likeness (QED) is 0.625. The SMILES string of the molecule is CCN(Cc1ccc(NC)c([N+](=O)[O-])c1)Cc1ccco1. The summed E-state index contributed by atoms with van der Waals surface area (Å²) in [6, 6.07) is 9.05. The normalized spacial score (nSPS) is 10.8. The number of rotatable bonds is 7. The summed E-state index contributed by atoms with van der Waals surface area (Å²) in [7, 11) is 1.68. The molecule has 0 spiro atoms. The number of anilines is 1. The van der Waals surface area contributed by atoms with Gasteiger partial charge >= 0.3 is 0 Å². The van der Waals surface area contributed by atoms with Gasteiger partial charge in [0.2, 0.25) is 0 Å². The third kappa shape index (κ3) is 3.82. The molecule has 6 heteroatoms. The predicted octanol–water partition coefficient (Wildman–Crippen LogP) is 3.25. The van der Waals surface area contributed by atoms with Crippen LogP contribution in [0.25, 0.3) is 0 Å². The maximum absolute atomic E-state index is 11.1. The molecule has 112 valence electrons. The van der Waals surface area contributed by atoms with Gasteiger partial charge in [-0.05, 0) is 30.3 Å². The van der Waals surface area contributed by atoms with E-state index in [9.17, 15) is 10.1 Å². The molecule has 1 N–H and O–H groups in total. The molecule has 0 aliphatic heterocycles. The predicted molar refractivity (Wildman–Crippen MR) is 81.1 cm³/mol. The second kappa shape index (κ2) is 6.90. The van der Waals surface area contributed by atoms with Gasteiger partial charge in [0.05, 0.1) is 17.7 Å². The molecular formula is C15H19N3O3. The first-order valence-corrected chi connectivity index (χ1v) is 6.83. The van der Waals surface area contributed by atoms with E-state index in [-0.39, 0.29) is 10.6 Å². The van der Waals surface area contributed by atoms with Gasteiger partial charge in [-0.3, -0.25) is 15.0 Å². The van der Waals surface area contributed by atoms with Gasteiger partial charge in [-0.25, -0.2) is 0 Å². The van der Waals surface area contributed by atoms with Gasteiger partial charge in [-0.2, -0.15) is 0 Å². The summed E-state index contributed by atoms with van der Waals surface area (Å²) in [6.07, 6.45) is 1.65. The van der Waals surface area contributed by atoms with Crippen molar-refractivity contribution in [1.82, 2.24) is 4.90 Å². The summed E-state index contributed by atoms with van der Waals surface area (Å²) >= 11 is 0. The molecule has 1 aromatic carbocycles. The van der Waals surface area contributed by atoms with E-state index in [1.54, 1.807) is 25.4 Å². The van der Waals surface area contributed by atoms with Gasteiger partial charge in [0.15, 0.2) is 0 Å². The van der Waals surface area contributed by atoms with Crippen molar-refractivity contribution < 1.29 is 9.34 Å². The van der Waals surface area contributed by atoms with E-state index in [4.69, 9.17) is 4.42 Å². The molecule has 0 aliphatic rings. The van der Waals surface area contributed by atoms with Crippen molar-refractivity contribution >= 4 is 11.4 Å². The third-order valence-corrected chi connectivity index (χ3v) is 3.34. The average Bonchev–Trinajstić information content (AvgIpc) is 2.99. The lowest BCUT2D eigenvalue weighted by molar-refractivity contribution is -0.384. The second-order valence-corrected chi connectivity index (χ2v) is 4.74. The van der Waals surface area contributed by atoms with Crippen LogP contribution >= 0.6 is 0 Å². The summed E-state index contributed by atoms with van der Waals surface area (Å²) in [5.74, 6) is 0.887. The zero-order valence-corrected chi connectivity index (χ0v) is 12.2. The van der Waals surface area contributed by atoms with Gasteiger partial charge in [0.25, 0.3) is 5.69 Å². The highest BCUT2D eigenvalue weighted by atomic mass is 16.6. The van der Waals surface area contributed by atoms with Crippen LogP contribution in [0.4, 0.5) is 11.4 Å². The molecule has 21 heavy (non-hydrogen) atoms. The first-order valence-electron chi connectivity index (χ1n) is 6.83. The molecule has 2 aromatic rings. The molecule has 0 saturated carbocycles. The first kappa shape index (κ1) is 15.1. The zero-order valence-electron chi connectivity index (χ0n) is 12.2. The highest BCUT2D eigenvalue weighted by Crippen LogP contribution is 2.25. The summed E-state index contributed by atoms with van der Waals surface area (Å²) in [6.45, 7) is 4.22. The summed E-state index contributed by atoms with van der Waals surface area (Å²) in [4.78, 5) is 12.9. The van der Waals surface area contributed by atoms with E-state index in [0.29, 0.717) is 18.8 Å². The minimum absolute atomic E-state index is 0.101. The van der Waals surface area contributed by atoms with Gasteiger partial charge in [-0.1, -0.05) is 13.0 Å². The number of hydrogen-bond donors (Lipinski definition) is 1. The van der Waals surface area contributed by atoms with Gasteiger partial charge in [0.1, 0.15) is 11.4 Å². The fourth-order valence-corrected chi connectivity index (χ4v) is 2.20. The topological polar surface area (TPSA) is 71.5 Å². The minimum atomic E-state index is -0.363. The molecule has 0 atom stereocenters. The summed E-state index contributed by atoms with van der Waals surface area (Å²) in [5.41, 5.74) is 1.54. The fourth-order valence-electron chi connectivity index (χ4n) is 2.20. The Morgan fingerprint density at radius 2 is 2.14 bits per heavy atom. The van der Waals surface area contributed by atoms with E-state index < -0.39 is 0 Å². The molecule has 0 unspecified atom stereocenters. The second-order valence-electron chi connectivity index (χ2n) is 4.74. The van der Waals surface area contributed by atoms with Crippen LogP contribution in [0.5, 0.6) is 0 Å². The van der Waals surface area contributed by atoms with Gasteiger partial charge < -0.3 is 9.73 Å². The van der Waals surface area contributed by atoms with E-state index >= 15 is 0 Å². The Balaban J connectivity index is 2.13.